The monoisotopic (exact) mass is 380 g/mol. The van der Waals surface area contributed by atoms with E-state index in [9.17, 15) is 22.8 Å². The highest BCUT2D eigenvalue weighted by molar-refractivity contribution is 6.04. The van der Waals surface area contributed by atoms with Crippen LogP contribution in [0.5, 0.6) is 5.75 Å². The van der Waals surface area contributed by atoms with Gasteiger partial charge in [0.1, 0.15) is 5.75 Å². The minimum atomic E-state index is -4.44. The van der Waals surface area contributed by atoms with Crippen LogP contribution in [0.2, 0.25) is 0 Å². The Labute approximate surface area is 154 Å². The molecule has 8 heteroatoms. The van der Waals surface area contributed by atoms with Crippen LogP contribution in [0, 0.1) is 5.92 Å². The summed E-state index contributed by atoms with van der Waals surface area (Å²) in [5.74, 6) is -0.746. The van der Waals surface area contributed by atoms with Crippen molar-refractivity contribution >= 4 is 23.2 Å². The molecule has 0 radical (unpaired) electrons. The van der Waals surface area contributed by atoms with Crippen LogP contribution in [0.15, 0.2) is 48.5 Å². The van der Waals surface area contributed by atoms with Gasteiger partial charge in [0.15, 0.2) is 6.61 Å². The number of hydrogen-bond acceptors (Lipinski definition) is 3. The van der Waals surface area contributed by atoms with Crippen molar-refractivity contribution in [3.05, 3.63) is 54.1 Å². The van der Waals surface area contributed by atoms with Crippen LogP contribution in [0.4, 0.5) is 24.5 Å². The summed E-state index contributed by atoms with van der Waals surface area (Å²) in [5, 5.41) is 5.30. The molecule has 0 saturated heterocycles. The number of anilines is 2. The van der Waals surface area contributed by atoms with Gasteiger partial charge < -0.3 is 15.4 Å². The predicted octanol–water partition coefficient (Wildman–Crippen LogP) is 4.47. The van der Waals surface area contributed by atoms with E-state index >= 15 is 0 Å². The first-order chi connectivity index (χ1) is 12.6. The predicted molar refractivity (Wildman–Crippen MR) is 95.9 cm³/mol. The first kappa shape index (κ1) is 20.3. The zero-order valence-corrected chi connectivity index (χ0v) is 14.8. The topological polar surface area (TPSA) is 67.4 Å². The molecular formula is C19H19F3N2O3. The summed E-state index contributed by atoms with van der Waals surface area (Å²) in [6.07, 6.45) is -4.44. The fraction of sp³-hybridized carbons (Fsp3) is 0.263. The number of carbonyl (C=O) groups is 2. The van der Waals surface area contributed by atoms with Crippen LogP contribution < -0.4 is 15.4 Å². The van der Waals surface area contributed by atoms with Gasteiger partial charge in [-0.3, -0.25) is 9.59 Å². The Morgan fingerprint density at radius 2 is 1.67 bits per heavy atom. The van der Waals surface area contributed by atoms with E-state index in [-0.39, 0.29) is 17.6 Å². The molecule has 0 aliphatic heterocycles. The van der Waals surface area contributed by atoms with E-state index in [0.29, 0.717) is 16.9 Å². The molecule has 0 atom stereocenters. The summed E-state index contributed by atoms with van der Waals surface area (Å²) < 4.78 is 41.3. The fourth-order valence-corrected chi connectivity index (χ4v) is 2.02. The molecule has 0 aromatic heterocycles. The first-order valence-electron chi connectivity index (χ1n) is 8.16. The van der Waals surface area contributed by atoms with Gasteiger partial charge in [-0.05, 0) is 36.4 Å². The Hall–Kier alpha value is -3.03. The van der Waals surface area contributed by atoms with E-state index in [0.717, 1.165) is 0 Å². The van der Waals surface area contributed by atoms with E-state index < -0.39 is 18.7 Å². The minimum absolute atomic E-state index is 0.00290. The highest BCUT2D eigenvalue weighted by Crippen LogP contribution is 2.22. The molecule has 0 heterocycles. The highest BCUT2D eigenvalue weighted by atomic mass is 19.4. The van der Waals surface area contributed by atoms with Crippen LogP contribution in [0.3, 0.4) is 0 Å². The maximum Gasteiger partial charge on any atom is 0.422 e. The van der Waals surface area contributed by atoms with Gasteiger partial charge in [0, 0.05) is 28.9 Å². The molecule has 27 heavy (non-hydrogen) atoms. The smallest absolute Gasteiger partial charge is 0.422 e. The summed E-state index contributed by atoms with van der Waals surface area (Å²) in [6, 6.07) is 12.0. The summed E-state index contributed by atoms with van der Waals surface area (Å²) in [5.41, 5.74) is 1.20. The summed E-state index contributed by atoms with van der Waals surface area (Å²) >= 11 is 0. The number of amides is 2. The normalized spacial score (nSPS) is 11.2. The van der Waals surface area contributed by atoms with Crippen molar-refractivity contribution in [1.82, 2.24) is 0 Å². The molecule has 0 fully saturated rings. The van der Waals surface area contributed by atoms with E-state index in [2.05, 4.69) is 15.4 Å². The number of carbonyl (C=O) groups excluding carboxylic acids is 2. The number of hydrogen-bond donors (Lipinski definition) is 2. The second-order valence-electron chi connectivity index (χ2n) is 6.11. The Balaban J connectivity index is 1.99. The molecule has 0 bridgehead atoms. The second-order valence-corrected chi connectivity index (χ2v) is 6.11. The number of benzene rings is 2. The van der Waals surface area contributed by atoms with Crippen molar-refractivity contribution in [2.24, 2.45) is 5.92 Å². The standard InChI is InChI=1S/C19H19F3N2O3/c1-12(2)17(25)23-14-8-6-13(7-9-14)18(26)24-15-4-3-5-16(10-15)27-11-19(20,21)22/h3-10,12H,11H2,1-2H3,(H,23,25)(H,24,26). The molecular weight excluding hydrogens is 361 g/mol. The van der Waals surface area contributed by atoms with Crippen molar-refractivity contribution in [2.45, 2.75) is 20.0 Å². The quantitative estimate of drug-likeness (QED) is 0.777. The molecule has 5 nitrogen and oxygen atoms in total. The van der Waals surface area contributed by atoms with Crippen molar-refractivity contribution in [2.75, 3.05) is 17.2 Å². The van der Waals surface area contributed by atoms with Gasteiger partial charge in [-0.1, -0.05) is 19.9 Å². The lowest BCUT2D eigenvalue weighted by atomic mass is 10.1. The van der Waals surface area contributed by atoms with E-state index in [4.69, 9.17) is 0 Å². The molecule has 0 saturated carbocycles. The Morgan fingerprint density at radius 3 is 2.26 bits per heavy atom. The van der Waals surface area contributed by atoms with Crippen molar-refractivity contribution in [1.29, 1.82) is 0 Å². The molecule has 0 unspecified atom stereocenters. The van der Waals surface area contributed by atoms with E-state index in [1.807, 2.05) is 0 Å². The fourth-order valence-electron chi connectivity index (χ4n) is 2.02. The molecule has 2 aromatic carbocycles. The Bertz CT molecular complexity index is 803. The minimum Gasteiger partial charge on any atom is -0.484 e. The molecule has 144 valence electrons. The van der Waals surface area contributed by atoms with Crippen molar-refractivity contribution in [3.63, 3.8) is 0 Å². The first-order valence-corrected chi connectivity index (χ1v) is 8.16. The number of rotatable bonds is 6. The molecule has 2 N–H and O–H groups in total. The lowest BCUT2D eigenvalue weighted by molar-refractivity contribution is -0.153. The number of halogens is 3. The van der Waals surface area contributed by atoms with E-state index in [1.165, 1.54) is 36.4 Å². The molecule has 2 rings (SSSR count). The summed E-state index contributed by atoms with van der Waals surface area (Å²) in [4.78, 5) is 23.9. The van der Waals surface area contributed by atoms with Crippen LogP contribution in [-0.2, 0) is 4.79 Å². The maximum absolute atomic E-state index is 12.3. The third kappa shape index (κ3) is 6.65. The highest BCUT2D eigenvalue weighted by Gasteiger charge is 2.28. The van der Waals surface area contributed by atoms with Crippen molar-refractivity contribution in [3.8, 4) is 5.75 Å². The van der Waals surface area contributed by atoms with Crippen LogP contribution in [0.25, 0.3) is 0 Å². The zero-order chi connectivity index (χ0) is 20.0. The van der Waals surface area contributed by atoms with Gasteiger partial charge in [0.05, 0.1) is 0 Å². The largest absolute Gasteiger partial charge is 0.484 e. The van der Waals surface area contributed by atoms with Gasteiger partial charge in [-0.15, -0.1) is 0 Å². The number of nitrogens with one attached hydrogen (secondary N) is 2. The van der Waals surface area contributed by atoms with Crippen molar-refractivity contribution < 1.29 is 27.5 Å². The Kier molecular flexibility index (Phi) is 6.44. The van der Waals surface area contributed by atoms with Crippen LogP contribution in [0.1, 0.15) is 24.2 Å². The van der Waals surface area contributed by atoms with Crippen LogP contribution in [-0.4, -0.2) is 24.6 Å². The van der Waals surface area contributed by atoms with Gasteiger partial charge in [0.25, 0.3) is 5.91 Å². The molecule has 0 spiro atoms. The Morgan fingerprint density at radius 1 is 1.00 bits per heavy atom. The lowest BCUT2D eigenvalue weighted by Gasteiger charge is -2.11. The summed E-state index contributed by atoms with van der Waals surface area (Å²) in [6.45, 7) is 2.13. The number of ether oxygens (including phenoxy) is 1. The van der Waals surface area contributed by atoms with Crippen LogP contribution >= 0.6 is 0 Å². The SMILES string of the molecule is CC(C)C(=O)Nc1ccc(C(=O)Nc2cccc(OCC(F)(F)F)c2)cc1. The van der Waals surface area contributed by atoms with E-state index in [1.54, 1.807) is 26.0 Å². The maximum atomic E-state index is 12.3. The zero-order valence-electron chi connectivity index (χ0n) is 14.8. The average molecular weight is 380 g/mol. The van der Waals surface area contributed by atoms with Gasteiger partial charge in [-0.25, -0.2) is 0 Å². The third-order valence-electron chi connectivity index (χ3n) is 3.43. The molecule has 0 aliphatic rings. The average Bonchev–Trinajstić information content (AvgIpc) is 2.60. The third-order valence-corrected chi connectivity index (χ3v) is 3.43. The number of alkyl halides is 3. The second kappa shape index (κ2) is 8.57. The van der Waals surface area contributed by atoms with Gasteiger partial charge in [-0.2, -0.15) is 13.2 Å². The lowest BCUT2D eigenvalue weighted by Crippen LogP contribution is -2.19. The molecule has 0 aliphatic carbocycles. The summed E-state index contributed by atoms with van der Waals surface area (Å²) in [7, 11) is 0. The molecule has 2 aromatic rings. The van der Waals surface area contributed by atoms with Gasteiger partial charge in [0.2, 0.25) is 5.91 Å². The molecule has 2 amide bonds. The van der Waals surface area contributed by atoms with Gasteiger partial charge >= 0.3 is 6.18 Å².